The Balaban J connectivity index is 1.45. The van der Waals surface area contributed by atoms with Crippen molar-refractivity contribution in [2.75, 3.05) is 58.3 Å². The van der Waals surface area contributed by atoms with E-state index in [9.17, 15) is 0 Å². The fourth-order valence-corrected chi connectivity index (χ4v) is 3.87. The summed E-state index contributed by atoms with van der Waals surface area (Å²) in [5, 5.41) is 3.58. The van der Waals surface area contributed by atoms with Crippen LogP contribution in [0.2, 0.25) is 0 Å². The van der Waals surface area contributed by atoms with Crippen molar-refractivity contribution in [1.82, 2.24) is 15.1 Å². The monoisotopic (exact) mass is 373 g/mol. The number of piperazine rings is 1. The Morgan fingerprint density at radius 1 is 1.19 bits per heavy atom. The highest BCUT2D eigenvalue weighted by molar-refractivity contribution is 5.80. The highest BCUT2D eigenvalue weighted by atomic mass is 16.5. The van der Waals surface area contributed by atoms with E-state index in [1.54, 1.807) is 7.11 Å². The van der Waals surface area contributed by atoms with Gasteiger partial charge in [-0.1, -0.05) is 0 Å². The van der Waals surface area contributed by atoms with Crippen LogP contribution >= 0.6 is 0 Å². The number of rotatable bonds is 7. The molecule has 0 atom stereocenters. The van der Waals surface area contributed by atoms with Crippen LogP contribution in [0.25, 0.3) is 0 Å². The number of benzene rings is 1. The second-order valence-corrected chi connectivity index (χ2v) is 7.71. The SMILES string of the molecule is CN=C(NCCN(C(C)C)C1CC1)N1CCN(c2ccc(OC)cc2)CC1. The maximum Gasteiger partial charge on any atom is 0.193 e. The Hall–Kier alpha value is -1.95. The first kappa shape index (κ1) is 19.8. The summed E-state index contributed by atoms with van der Waals surface area (Å²) in [4.78, 5) is 11.9. The normalized spacial score (nSPS) is 18.4. The van der Waals surface area contributed by atoms with Crippen LogP contribution in [0.3, 0.4) is 0 Å². The number of aliphatic imine (C=N–C) groups is 1. The van der Waals surface area contributed by atoms with Gasteiger partial charge in [-0.2, -0.15) is 0 Å². The lowest BCUT2D eigenvalue weighted by molar-refractivity contribution is 0.214. The molecule has 1 saturated carbocycles. The smallest absolute Gasteiger partial charge is 0.193 e. The summed E-state index contributed by atoms with van der Waals surface area (Å²) in [5.41, 5.74) is 1.26. The molecular weight excluding hydrogens is 338 g/mol. The van der Waals surface area contributed by atoms with Crippen LogP contribution in [0.4, 0.5) is 5.69 Å². The highest BCUT2D eigenvalue weighted by Crippen LogP contribution is 2.28. The van der Waals surface area contributed by atoms with Gasteiger partial charge in [-0.15, -0.1) is 0 Å². The van der Waals surface area contributed by atoms with E-state index >= 15 is 0 Å². The molecule has 150 valence electrons. The van der Waals surface area contributed by atoms with Crippen molar-refractivity contribution in [2.24, 2.45) is 4.99 Å². The summed E-state index contributed by atoms with van der Waals surface area (Å²) < 4.78 is 5.25. The maximum absolute atomic E-state index is 5.25. The standard InChI is InChI=1S/C21H35N5O/c1-17(2)26(19-5-6-19)12-11-23-21(22-3)25-15-13-24(14-16-25)18-7-9-20(27-4)10-8-18/h7-10,17,19H,5-6,11-16H2,1-4H3,(H,22,23). The van der Waals surface area contributed by atoms with Crippen LogP contribution in [0.15, 0.2) is 29.3 Å². The largest absolute Gasteiger partial charge is 0.497 e. The minimum Gasteiger partial charge on any atom is -0.497 e. The topological polar surface area (TPSA) is 43.3 Å². The summed E-state index contributed by atoms with van der Waals surface area (Å²) in [6.07, 6.45) is 2.72. The van der Waals surface area contributed by atoms with Crippen molar-refractivity contribution in [3.63, 3.8) is 0 Å². The molecule has 1 saturated heterocycles. The quantitative estimate of drug-likeness (QED) is 0.587. The molecule has 6 nitrogen and oxygen atoms in total. The predicted octanol–water partition coefficient (Wildman–Crippen LogP) is 2.27. The molecule has 0 spiro atoms. The Kier molecular flexibility index (Phi) is 6.83. The molecule has 1 N–H and O–H groups in total. The first-order valence-electron chi connectivity index (χ1n) is 10.2. The summed E-state index contributed by atoms with van der Waals surface area (Å²) in [6.45, 7) is 10.6. The highest BCUT2D eigenvalue weighted by Gasteiger charge is 2.30. The van der Waals surface area contributed by atoms with Crippen LogP contribution in [0, 0.1) is 0 Å². The molecule has 27 heavy (non-hydrogen) atoms. The zero-order valence-electron chi connectivity index (χ0n) is 17.3. The molecule has 0 aromatic heterocycles. The molecule has 2 aliphatic rings. The Morgan fingerprint density at radius 2 is 1.85 bits per heavy atom. The molecule has 0 unspecified atom stereocenters. The van der Waals surface area contributed by atoms with E-state index in [4.69, 9.17) is 4.74 Å². The van der Waals surface area contributed by atoms with Gasteiger partial charge in [0.05, 0.1) is 7.11 Å². The fourth-order valence-electron chi connectivity index (χ4n) is 3.87. The third kappa shape index (κ3) is 5.28. The first-order chi connectivity index (χ1) is 13.1. The van der Waals surface area contributed by atoms with Crippen LogP contribution in [-0.2, 0) is 0 Å². The number of anilines is 1. The van der Waals surface area contributed by atoms with E-state index in [2.05, 4.69) is 51.0 Å². The van der Waals surface area contributed by atoms with Gasteiger partial charge in [0.15, 0.2) is 5.96 Å². The second kappa shape index (κ2) is 9.31. The first-order valence-corrected chi connectivity index (χ1v) is 10.2. The van der Waals surface area contributed by atoms with E-state index in [-0.39, 0.29) is 0 Å². The van der Waals surface area contributed by atoms with Gasteiger partial charge in [0.1, 0.15) is 5.75 Å². The van der Waals surface area contributed by atoms with E-state index in [1.807, 2.05) is 19.2 Å². The maximum atomic E-state index is 5.25. The summed E-state index contributed by atoms with van der Waals surface area (Å²) >= 11 is 0. The minimum atomic E-state index is 0.620. The van der Waals surface area contributed by atoms with E-state index in [0.717, 1.165) is 57.0 Å². The minimum absolute atomic E-state index is 0.620. The van der Waals surface area contributed by atoms with Gasteiger partial charge >= 0.3 is 0 Å². The van der Waals surface area contributed by atoms with Crippen LogP contribution in [-0.4, -0.2) is 81.3 Å². The third-order valence-electron chi connectivity index (χ3n) is 5.56. The molecule has 1 aliphatic carbocycles. The Labute approximate surface area is 164 Å². The fraction of sp³-hybridized carbons (Fsp3) is 0.667. The number of hydrogen-bond acceptors (Lipinski definition) is 4. The third-order valence-corrected chi connectivity index (χ3v) is 5.56. The van der Waals surface area contributed by atoms with E-state index in [0.29, 0.717) is 6.04 Å². The second-order valence-electron chi connectivity index (χ2n) is 7.71. The molecule has 3 rings (SSSR count). The molecule has 2 fully saturated rings. The molecular formula is C21H35N5O. The van der Waals surface area contributed by atoms with Crippen LogP contribution < -0.4 is 15.0 Å². The number of guanidine groups is 1. The van der Waals surface area contributed by atoms with Gasteiger partial charge < -0.3 is 19.9 Å². The molecule has 1 heterocycles. The summed E-state index contributed by atoms with van der Waals surface area (Å²) in [7, 11) is 3.59. The lowest BCUT2D eigenvalue weighted by Gasteiger charge is -2.38. The molecule has 1 aliphatic heterocycles. The van der Waals surface area contributed by atoms with Crippen molar-refractivity contribution in [1.29, 1.82) is 0 Å². The van der Waals surface area contributed by atoms with Crippen molar-refractivity contribution in [3.05, 3.63) is 24.3 Å². The number of nitrogens with zero attached hydrogens (tertiary/aromatic N) is 4. The van der Waals surface area contributed by atoms with Gasteiger partial charge in [-0.3, -0.25) is 9.89 Å². The van der Waals surface area contributed by atoms with Crippen LogP contribution in [0.1, 0.15) is 26.7 Å². The van der Waals surface area contributed by atoms with Gasteiger partial charge in [0.2, 0.25) is 0 Å². The number of nitrogens with one attached hydrogen (secondary N) is 1. The van der Waals surface area contributed by atoms with Gasteiger partial charge in [0, 0.05) is 64.1 Å². The van der Waals surface area contributed by atoms with Gasteiger partial charge in [-0.25, -0.2) is 0 Å². The number of ether oxygens (including phenoxy) is 1. The number of hydrogen-bond donors (Lipinski definition) is 1. The zero-order valence-corrected chi connectivity index (χ0v) is 17.3. The molecule has 6 heteroatoms. The summed E-state index contributed by atoms with van der Waals surface area (Å²) in [5.74, 6) is 1.94. The van der Waals surface area contributed by atoms with Crippen molar-refractivity contribution in [2.45, 2.75) is 38.8 Å². The summed E-state index contributed by atoms with van der Waals surface area (Å²) in [6, 6.07) is 9.77. The van der Waals surface area contributed by atoms with E-state index in [1.165, 1.54) is 18.5 Å². The Bertz CT molecular complexity index is 602. The van der Waals surface area contributed by atoms with Crippen LogP contribution in [0.5, 0.6) is 5.75 Å². The van der Waals surface area contributed by atoms with Crippen molar-refractivity contribution < 1.29 is 4.74 Å². The average Bonchev–Trinajstić information content (AvgIpc) is 3.53. The molecule has 1 aromatic rings. The van der Waals surface area contributed by atoms with Crippen molar-refractivity contribution in [3.8, 4) is 5.75 Å². The lowest BCUT2D eigenvalue weighted by atomic mass is 10.2. The zero-order chi connectivity index (χ0) is 19.2. The molecule has 1 aromatic carbocycles. The lowest BCUT2D eigenvalue weighted by Crippen LogP contribution is -2.53. The van der Waals surface area contributed by atoms with E-state index < -0.39 is 0 Å². The van der Waals surface area contributed by atoms with Gasteiger partial charge in [0.25, 0.3) is 0 Å². The van der Waals surface area contributed by atoms with Gasteiger partial charge in [-0.05, 0) is 51.0 Å². The predicted molar refractivity (Wildman–Crippen MR) is 113 cm³/mol. The molecule has 0 amide bonds. The number of methoxy groups -OCH3 is 1. The average molecular weight is 374 g/mol. The Morgan fingerprint density at radius 3 is 2.37 bits per heavy atom. The molecule has 0 bridgehead atoms. The molecule has 0 radical (unpaired) electrons. The van der Waals surface area contributed by atoms with Crippen molar-refractivity contribution >= 4 is 11.6 Å².